The average molecular weight is 248 g/mol. The first-order chi connectivity index (χ1) is 8.66. The van der Waals surface area contributed by atoms with Gasteiger partial charge in [0.25, 0.3) is 0 Å². The molecule has 18 heavy (non-hydrogen) atoms. The third-order valence-electron chi connectivity index (χ3n) is 3.59. The van der Waals surface area contributed by atoms with Crippen molar-refractivity contribution in [2.45, 2.75) is 32.0 Å². The molecule has 2 rings (SSSR count). The number of piperazine rings is 1. The van der Waals surface area contributed by atoms with E-state index in [9.17, 15) is 4.79 Å². The highest BCUT2D eigenvalue weighted by molar-refractivity contribution is 5.67. The van der Waals surface area contributed by atoms with Gasteiger partial charge in [-0.15, -0.1) is 0 Å². The van der Waals surface area contributed by atoms with Crippen LogP contribution < -0.4 is 5.32 Å². The molecular weight excluding hydrogens is 228 g/mol. The number of nitrogens with one attached hydrogen (secondary N) is 1. The third kappa shape index (κ3) is 3.31. The maximum Gasteiger partial charge on any atom is 0.304 e. The van der Waals surface area contributed by atoms with Crippen LogP contribution in [0.1, 0.15) is 18.9 Å². The summed E-state index contributed by atoms with van der Waals surface area (Å²) in [5, 5.41) is 12.2. The minimum Gasteiger partial charge on any atom is -0.481 e. The lowest BCUT2D eigenvalue weighted by Gasteiger charge is -2.39. The Balaban J connectivity index is 1.98. The second-order valence-corrected chi connectivity index (χ2v) is 4.86. The number of nitrogens with zero attached hydrogens (tertiary/aromatic N) is 1. The number of benzene rings is 1. The van der Waals surface area contributed by atoms with E-state index in [1.54, 1.807) is 0 Å². The molecule has 2 atom stereocenters. The number of carboxylic acid groups (broad SMARTS) is 1. The molecule has 0 saturated carbocycles. The fourth-order valence-electron chi connectivity index (χ4n) is 2.49. The summed E-state index contributed by atoms with van der Waals surface area (Å²) in [5.74, 6) is -0.735. The molecule has 0 spiro atoms. The van der Waals surface area contributed by atoms with E-state index in [-0.39, 0.29) is 18.5 Å². The quantitative estimate of drug-likeness (QED) is 0.844. The summed E-state index contributed by atoms with van der Waals surface area (Å²) in [6, 6.07) is 10.6. The number of hydrogen-bond donors (Lipinski definition) is 2. The molecule has 1 aromatic rings. The zero-order valence-electron chi connectivity index (χ0n) is 10.7. The van der Waals surface area contributed by atoms with Gasteiger partial charge in [-0.1, -0.05) is 30.3 Å². The molecule has 98 valence electrons. The first-order valence-corrected chi connectivity index (χ1v) is 6.40. The zero-order chi connectivity index (χ0) is 13.0. The highest BCUT2D eigenvalue weighted by Crippen LogP contribution is 2.15. The lowest BCUT2D eigenvalue weighted by Crippen LogP contribution is -2.56. The van der Waals surface area contributed by atoms with Crippen molar-refractivity contribution in [3.63, 3.8) is 0 Å². The van der Waals surface area contributed by atoms with E-state index in [0.717, 1.165) is 19.6 Å². The van der Waals surface area contributed by atoms with Gasteiger partial charge in [-0.25, -0.2) is 0 Å². The number of carboxylic acids is 1. The second-order valence-electron chi connectivity index (χ2n) is 4.86. The molecule has 1 heterocycles. The standard InChI is InChI=1S/C14H20N2O2/c1-11-13(9-14(17)18)15-7-8-16(11)10-12-5-3-2-4-6-12/h2-6,11,13,15H,7-10H2,1H3,(H,17,18)/t11-,13+/m0/s1. The Kier molecular flexibility index (Phi) is 4.33. The molecule has 4 heteroatoms. The smallest absolute Gasteiger partial charge is 0.304 e. The third-order valence-corrected chi connectivity index (χ3v) is 3.59. The van der Waals surface area contributed by atoms with Gasteiger partial charge in [0, 0.05) is 31.7 Å². The van der Waals surface area contributed by atoms with Crippen molar-refractivity contribution in [3.8, 4) is 0 Å². The predicted octanol–water partition coefficient (Wildman–Crippen LogP) is 1.32. The van der Waals surface area contributed by atoms with Gasteiger partial charge in [-0.05, 0) is 12.5 Å². The molecule has 0 amide bonds. The number of carbonyl (C=O) groups is 1. The van der Waals surface area contributed by atoms with Gasteiger partial charge in [-0.2, -0.15) is 0 Å². The Hall–Kier alpha value is -1.39. The molecule has 1 saturated heterocycles. The number of hydrogen-bond acceptors (Lipinski definition) is 3. The van der Waals surface area contributed by atoms with E-state index in [4.69, 9.17) is 5.11 Å². The molecule has 0 aliphatic carbocycles. The van der Waals surface area contributed by atoms with Crippen LogP contribution >= 0.6 is 0 Å². The van der Waals surface area contributed by atoms with Crippen molar-refractivity contribution in [1.82, 2.24) is 10.2 Å². The summed E-state index contributed by atoms with van der Waals surface area (Å²) in [7, 11) is 0. The summed E-state index contributed by atoms with van der Waals surface area (Å²) in [4.78, 5) is 13.2. The van der Waals surface area contributed by atoms with Crippen molar-refractivity contribution < 1.29 is 9.90 Å². The molecule has 0 unspecified atom stereocenters. The molecule has 1 aromatic carbocycles. The summed E-state index contributed by atoms with van der Waals surface area (Å²) in [5.41, 5.74) is 1.28. The fourth-order valence-corrected chi connectivity index (χ4v) is 2.49. The van der Waals surface area contributed by atoms with Gasteiger partial charge in [0.15, 0.2) is 0 Å². The van der Waals surface area contributed by atoms with Gasteiger partial charge < -0.3 is 10.4 Å². The van der Waals surface area contributed by atoms with E-state index in [1.165, 1.54) is 5.56 Å². The van der Waals surface area contributed by atoms with Crippen LogP contribution in [-0.2, 0) is 11.3 Å². The SMILES string of the molecule is C[C@H]1[C@@H](CC(=O)O)NCCN1Cc1ccccc1. The van der Waals surface area contributed by atoms with Gasteiger partial charge in [-0.3, -0.25) is 9.69 Å². The van der Waals surface area contributed by atoms with Crippen LogP contribution in [0.2, 0.25) is 0 Å². The van der Waals surface area contributed by atoms with Crippen molar-refractivity contribution in [3.05, 3.63) is 35.9 Å². The average Bonchev–Trinajstić information content (AvgIpc) is 2.35. The molecule has 0 aromatic heterocycles. The predicted molar refractivity (Wildman–Crippen MR) is 70.4 cm³/mol. The molecule has 1 aliphatic rings. The molecule has 4 nitrogen and oxygen atoms in total. The fraction of sp³-hybridized carbons (Fsp3) is 0.500. The van der Waals surface area contributed by atoms with E-state index < -0.39 is 5.97 Å². The summed E-state index contributed by atoms with van der Waals surface area (Å²) < 4.78 is 0. The number of rotatable bonds is 4. The van der Waals surface area contributed by atoms with Gasteiger partial charge in [0.2, 0.25) is 0 Å². The molecule has 0 radical (unpaired) electrons. The molecule has 1 aliphatic heterocycles. The normalized spacial score (nSPS) is 24.9. The summed E-state index contributed by atoms with van der Waals surface area (Å²) in [6.07, 6.45) is 0.187. The largest absolute Gasteiger partial charge is 0.481 e. The summed E-state index contributed by atoms with van der Waals surface area (Å²) >= 11 is 0. The highest BCUT2D eigenvalue weighted by atomic mass is 16.4. The van der Waals surface area contributed by atoms with Gasteiger partial charge in [0.1, 0.15) is 0 Å². The Morgan fingerprint density at radius 3 is 2.83 bits per heavy atom. The highest BCUT2D eigenvalue weighted by Gasteiger charge is 2.28. The lowest BCUT2D eigenvalue weighted by atomic mass is 10.0. The molecule has 0 bridgehead atoms. The van der Waals surface area contributed by atoms with Crippen LogP contribution in [-0.4, -0.2) is 41.1 Å². The second kappa shape index (κ2) is 5.98. The Morgan fingerprint density at radius 1 is 1.44 bits per heavy atom. The minimum atomic E-state index is -0.735. The summed E-state index contributed by atoms with van der Waals surface area (Å²) in [6.45, 7) is 4.81. The van der Waals surface area contributed by atoms with Crippen molar-refractivity contribution in [1.29, 1.82) is 0 Å². The molecule has 1 fully saturated rings. The van der Waals surface area contributed by atoms with Crippen LogP contribution in [0.25, 0.3) is 0 Å². The van der Waals surface area contributed by atoms with Crippen molar-refractivity contribution in [2.75, 3.05) is 13.1 Å². The lowest BCUT2D eigenvalue weighted by molar-refractivity contribution is -0.138. The molecular formula is C14H20N2O2. The van der Waals surface area contributed by atoms with Crippen LogP contribution in [0.15, 0.2) is 30.3 Å². The van der Waals surface area contributed by atoms with E-state index in [0.29, 0.717) is 0 Å². The first kappa shape index (κ1) is 13.1. The van der Waals surface area contributed by atoms with Crippen LogP contribution in [0.5, 0.6) is 0 Å². The van der Waals surface area contributed by atoms with Crippen molar-refractivity contribution >= 4 is 5.97 Å². The van der Waals surface area contributed by atoms with E-state index in [2.05, 4.69) is 29.3 Å². The van der Waals surface area contributed by atoms with E-state index >= 15 is 0 Å². The minimum absolute atomic E-state index is 0.0416. The maximum atomic E-state index is 10.8. The van der Waals surface area contributed by atoms with Crippen LogP contribution in [0.3, 0.4) is 0 Å². The monoisotopic (exact) mass is 248 g/mol. The van der Waals surface area contributed by atoms with Crippen molar-refractivity contribution in [2.24, 2.45) is 0 Å². The van der Waals surface area contributed by atoms with Gasteiger partial charge >= 0.3 is 5.97 Å². The number of aliphatic carboxylic acids is 1. The van der Waals surface area contributed by atoms with Crippen LogP contribution in [0.4, 0.5) is 0 Å². The van der Waals surface area contributed by atoms with Crippen LogP contribution in [0, 0.1) is 0 Å². The maximum absolute atomic E-state index is 10.8. The Labute approximate surface area is 108 Å². The topological polar surface area (TPSA) is 52.6 Å². The Morgan fingerprint density at radius 2 is 2.17 bits per heavy atom. The Bertz CT molecular complexity index is 394. The van der Waals surface area contributed by atoms with Gasteiger partial charge in [0.05, 0.1) is 6.42 Å². The molecule has 2 N–H and O–H groups in total. The first-order valence-electron chi connectivity index (χ1n) is 6.40. The zero-order valence-corrected chi connectivity index (χ0v) is 10.7. The van der Waals surface area contributed by atoms with E-state index in [1.807, 2.05) is 18.2 Å².